The molecule has 0 amide bonds. The van der Waals surface area contributed by atoms with E-state index in [0.29, 0.717) is 5.75 Å². The van der Waals surface area contributed by atoms with Crippen LogP contribution in [0.15, 0.2) is 28.6 Å². The lowest BCUT2D eigenvalue weighted by Crippen LogP contribution is -2.20. The lowest BCUT2D eigenvalue weighted by molar-refractivity contribution is 0.0702. The van der Waals surface area contributed by atoms with E-state index in [9.17, 15) is 9.59 Å². The normalized spacial score (nSPS) is 14.3. The van der Waals surface area contributed by atoms with Crippen molar-refractivity contribution in [2.75, 3.05) is 0 Å². The topological polar surface area (TPSA) is 81.4 Å². The van der Waals surface area contributed by atoms with E-state index >= 15 is 0 Å². The van der Waals surface area contributed by atoms with E-state index in [2.05, 4.69) is 4.98 Å². The Balaban J connectivity index is 1.88. The lowest BCUT2D eigenvalue weighted by Gasteiger charge is -2.05. The van der Waals surface area contributed by atoms with Gasteiger partial charge in [0.05, 0.1) is 0 Å². The van der Waals surface area contributed by atoms with Crippen molar-refractivity contribution in [1.82, 2.24) is 9.55 Å². The molecule has 0 atom stereocenters. The molecular formula is C12H10N2O4S. The molecule has 1 aliphatic rings. The van der Waals surface area contributed by atoms with Crippen LogP contribution in [0.1, 0.15) is 28.6 Å². The zero-order chi connectivity index (χ0) is 13.4. The second-order valence-electron chi connectivity index (χ2n) is 4.23. The maximum absolute atomic E-state index is 12.1. The summed E-state index contributed by atoms with van der Waals surface area (Å²) in [5, 5.41) is 10.4. The summed E-state index contributed by atoms with van der Waals surface area (Å²) in [5.74, 6) is -0.721. The average Bonchev–Trinajstić information content (AvgIpc) is 3.11. The maximum Gasteiger partial charge on any atom is 0.346 e. The number of ether oxygens (including phenoxy) is 1. The van der Waals surface area contributed by atoms with Gasteiger partial charge < -0.3 is 14.4 Å². The molecule has 7 heteroatoms. The van der Waals surface area contributed by atoms with Crippen molar-refractivity contribution < 1.29 is 14.6 Å². The van der Waals surface area contributed by atoms with Crippen molar-refractivity contribution >= 4 is 17.3 Å². The molecule has 0 aromatic carbocycles. The molecule has 0 saturated heterocycles. The van der Waals surface area contributed by atoms with Crippen LogP contribution in [0.4, 0.5) is 0 Å². The summed E-state index contributed by atoms with van der Waals surface area (Å²) in [5.41, 5.74) is -0.284. The molecule has 6 nitrogen and oxygen atoms in total. The fraction of sp³-hybridized carbons (Fsp3) is 0.250. The summed E-state index contributed by atoms with van der Waals surface area (Å²) < 4.78 is 6.97. The zero-order valence-electron chi connectivity index (χ0n) is 9.78. The number of rotatable bonds is 4. The Bertz CT molecular complexity index is 687. The molecule has 0 aliphatic heterocycles. The highest BCUT2D eigenvalue weighted by atomic mass is 32.1. The number of hydrogen-bond acceptors (Lipinski definition) is 5. The Morgan fingerprint density at radius 1 is 1.53 bits per heavy atom. The SMILES string of the molecule is O=C(O)c1cc(Oc2nccn(C3CC3)c2=O)cs1. The van der Waals surface area contributed by atoms with Gasteiger partial charge in [0, 0.05) is 29.9 Å². The quantitative estimate of drug-likeness (QED) is 0.926. The van der Waals surface area contributed by atoms with Gasteiger partial charge in [-0.15, -0.1) is 11.3 Å². The highest BCUT2D eigenvalue weighted by Crippen LogP contribution is 2.33. The fourth-order valence-corrected chi connectivity index (χ4v) is 2.36. The van der Waals surface area contributed by atoms with Crippen LogP contribution in [0, 0.1) is 0 Å². The summed E-state index contributed by atoms with van der Waals surface area (Å²) in [6.45, 7) is 0. The van der Waals surface area contributed by atoms with E-state index in [-0.39, 0.29) is 22.4 Å². The number of carboxylic acid groups (broad SMARTS) is 1. The van der Waals surface area contributed by atoms with Crippen molar-refractivity contribution in [3.63, 3.8) is 0 Å². The van der Waals surface area contributed by atoms with Gasteiger partial charge in [0.25, 0.3) is 5.88 Å². The van der Waals surface area contributed by atoms with Gasteiger partial charge >= 0.3 is 11.5 Å². The Morgan fingerprint density at radius 2 is 2.32 bits per heavy atom. The summed E-state index contributed by atoms with van der Waals surface area (Å²) in [6, 6.07) is 1.62. The maximum atomic E-state index is 12.1. The minimum absolute atomic E-state index is 0.0239. The molecule has 3 rings (SSSR count). The van der Waals surface area contributed by atoms with E-state index in [0.717, 1.165) is 24.2 Å². The van der Waals surface area contributed by atoms with Crippen molar-refractivity contribution in [2.24, 2.45) is 0 Å². The first kappa shape index (κ1) is 11.9. The van der Waals surface area contributed by atoms with E-state index in [1.165, 1.54) is 12.3 Å². The van der Waals surface area contributed by atoms with Gasteiger partial charge in [0.15, 0.2) is 0 Å². The molecule has 98 valence electrons. The van der Waals surface area contributed by atoms with Crippen LogP contribution < -0.4 is 10.3 Å². The fourth-order valence-electron chi connectivity index (χ4n) is 1.71. The summed E-state index contributed by atoms with van der Waals surface area (Å²) in [7, 11) is 0. The molecule has 0 bridgehead atoms. The Hall–Kier alpha value is -2.15. The molecule has 1 aliphatic carbocycles. The molecular weight excluding hydrogens is 268 g/mol. The molecule has 1 saturated carbocycles. The number of nitrogens with zero attached hydrogens (tertiary/aromatic N) is 2. The van der Waals surface area contributed by atoms with Crippen LogP contribution in [0.25, 0.3) is 0 Å². The number of aromatic nitrogens is 2. The second kappa shape index (κ2) is 4.51. The molecule has 0 radical (unpaired) electrons. The largest absolute Gasteiger partial charge is 0.477 e. The van der Waals surface area contributed by atoms with Crippen molar-refractivity contribution in [3.8, 4) is 11.6 Å². The van der Waals surface area contributed by atoms with E-state index in [4.69, 9.17) is 9.84 Å². The van der Waals surface area contributed by atoms with E-state index < -0.39 is 5.97 Å². The minimum atomic E-state index is -1.02. The van der Waals surface area contributed by atoms with Crippen LogP contribution in [-0.2, 0) is 0 Å². The van der Waals surface area contributed by atoms with Gasteiger partial charge in [0.2, 0.25) is 0 Å². The van der Waals surface area contributed by atoms with E-state index in [1.54, 1.807) is 16.1 Å². The third-order valence-corrected chi connectivity index (χ3v) is 3.67. The minimum Gasteiger partial charge on any atom is -0.477 e. The number of carboxylic acids is 1. The predicted molar refractivity (Wildman–Crippen MR) is 68.1 cm³/mol. The molecule has 2 heterocycles. The first-order valence-corrected chi connectivity index (χ1v) is 6.60. The van der Waals surface area contributed by atoms with Gasteiger partial charge in [-0.05, 0) is 12.8 Å². The first-order chi connectivity index (χ1) is 9.15. The summed E-state index contributed by atoms with van der Waals surface area (Å²) >= 11 is 1.04. The third-order valence-electron chi connectivity index (χ3n) is 2.78. The summed E-state index contributed by atoms with van der Waals surface area (Å²) in [4.78, 5) is 26.9. The Morgan fingerprint density at radius 3 is 2.95 bits per heavy atom. The molecule has 19 heavy (non-hydrogen) atoms. The third kappa shape index (κ3) is 2.37. The summed E-state index contributed by atoms with van der Waals surface area (Å²) in [6.07, 6.45) is 5.14. The van der Waals surface area contributed by atoms with Crippen molar-refractivity contribution in [3.05, 3.63) is 39.1 Å². The lowest BCUT2D eigenvalue weighted by atomic mass is 10.4. The van der Waals surface area contributed by atoms with Crippen molar-refractivity contribution in [2.45, 2.75) is 18.9 Å². The second-order valence-corrected chi connectivity index (χ2v) is 5.14. The number of hydrogen-bond donors (Lipinski definition) is 1. The zero-order valence-corrected chi connectivity index (χ0v) is 10.6. The predicted octanol–water partition coefficient (Wildman–Crippen LogP) is 2.13. The average molecular weight is 278 g/mol. The highest BCUT2D eigenvalue weighted by molar-refractivity contribution is 7.12. The van der Waals surface area contributed by atoms with Crippen molar-refractivity contribution in [1.29, 1.82) is 0 Å². The smallest absolute Gasteiger partial charge is 0.346 e. The van der Waals surface area contributed by atoms with Gasteiger partial charge in [-0.1, -0.05) is 0 Å². The van der Waals surface area contributed by atoms with Gasteiger partial charge in [-0.2, -0.15) is 0 Å². The highest BCUT2D eigenvalue weighted by Gasteiger charge is 2.25. The van der Waals surface area contributed by atoms with Crippen LogP contribution >= 0.6 is 11.3 Å². The number of carbonyl (C=O) groups is 1. The Kier molecular flexibility index (Phi) is 2.83. The monoisotopic (exact) mass is 278 g/mol. The first-order valence-electron chi connectivity index (χ1n) is 5.72. The van der Waals surface area contributed by atoms with Gasteiger partial charge in [0.1, 0.15) is 10.6 Å². The van der Waals surface area contributed by atoms with Crippen LogP contribution in [0.3, 0.4) is 0 Å². The van der Waals surface area contributed by atoms with Crippen LogP contribution in [-0.4, -0.2) is 20.6 Å². The Labute approximate surface area is 111 Å². The molecule has 0 spiro atoms. The molecule has 0 unspecified atom stereocenters. The van der Waals surface area contributed by atoms with Gasteiger partial charge in [-0.3, -0.25) is 4.79 Å². The molecule has 1 fully saturated rings. The number of thiophene rings is 1. The van der Waals surface area contributed by atoms with Gasteiger partial charge in [-0.25, -0.2) is 9.78 Å². The number of aromatic carboxylic acids is 1. The van der Waals surface area contributed by atoms with E-state index in [1.807, 2.05) is 0 Å². The molecule has 2 aromatic heterocycles. The van der Waals surface area contributed by atoms with Crippen LogP contribution in [0.2, 0.25) is 0 Å². The molecule has 1 N–H and O–H groups in total. The molecule has 2 aromatic rings. The van der Waals surface area contributed by atoms with Crippen LogP contribution in [0.5, 0.6) is 11.6 Å². The standard InChI is InChI=1S/C12H10N2O4S/c15-11-10(13-3-4-14(11)7-1-2-7)18-8-5-9(12(16)17)19-6-8/h3-7H,1-2H2,(H,16,17).